The lowest BCUT2D eigenvalue weighted by molar-refractivity contribution is -0.161. The van der Waals surface area contributed by atoms with Gasteiger partial charge in [-0.2, -0.15) is 0 Å². The lowest BCUT2D eigenvalue weighted by Crippen LogP contribution is -2.28. The standard InChI is InChI=1S/C54H102O5/c1-3-5-7-9-11-13-15-17-19-21-22-23-24-25-26-27-28-29-30-31-32-33-35-36-38-40-42-44-46-48-53(56)58-51-52(50-55)59-54(57)49-47-45-43-41-39-37-34-20-18-16-14-12-10-8-6-4-2/h14,16,20,34,52,55H,3-13,15,17-19,21-33,35-51H2,1-2H3/b16-14-,34-20-. The molecule has 0 aliphatic heterocycles. The second-order valence-electron chi connectivity index (χ2n) is 18.0. The molecule has 1 N–H and O–H groups in total. The minimum absolute atomic E-state index is 0.0666. The summed E-state index contributed by atoms with van der Waals surface area (Å²) in [6, 6.07) is 0. The summed E-state index contributed by atoms with van der Waals surface area (Å²) in [5, 5.41) is 9.61. The Morgan fingerprint density at radius 3 is 1.02 bits per heavy atom. The van der Waals surface area contributed by atoms with E-state index in [0.29, 0.717) is 12.8 Å². The van der Waals surface area contributed by atoms with Crippen LogP contribution in [0.15, 0.2) is 24.3 Å². The van der Waals surface area contributed by atoms with Crippen LogP contribution in [0.5, 0.6) is 0 Å². The van der Waals surface area contributed by atoms with Gasteiger partial charge in [-0.25, -0.2) is 0 Å². The minimum atomic E-state index is -0.775. The van der Waals surface area contributed by atoms with E-state index in [0.717, 1.165) is 51.4 Å². The summed E-state index contributed by atoms with van der Waals surface area (Å²) in [4.78, 5) is 24.4. The van der Waals surface area contributed by atoms with Crippen LogP contribution in [0.25, 0.3) is 0 Å². The van der Waals surface area contributed by atoms with Crippen molar-refractivity contribution in [3.8, 4) is 0 Å². The van der Waals surface area contributed by atoms with E-state index in [2.05, 4.69) is 38.2 Å². The maximum atomic E-state index is 12.2. The molecule has 5 heteroatoms. The average molecular weight is 831 g/mol. The summed E-state index contributed by atoms with van der Waals surface area (Å²) in [6.45, 7) is 4.15. The maximum Gasteiger partial charge on any atom is 0.306 e. The summed E-state index contributed by atoms with van der Waals surface area (Å²) in [7, 11) is 0. The molecule has 59 heavy (non-hydrogen) atoms. The molecule has 0 spiro atoms. The molecule has 0 aromatic rings. The van der Waals surface area contributed by atoms with Gasteiger partial charge in [-0.1, -0.05) is 256 Å². The van der Waals surface area contributed by atoms with Gasteiger partial charge in [-0.05, 0) is 44.9 Å². The number of ether oxygens (including phenoxy) is 2. The van der Waals surface area contributed by atoms with Crippen LogP contribution in [-0.2, 0) is 19.1 Å². The number of aliphatic hydroxyl groups is 1. The van der Waals surface area contributed by atoms with Crippen LogP contribution in [0.4, 0.5) is 0 Å². The number of allylic oxidation sites excluding steroid dienone is 4. The first-order valence-electron chi connectivity index (χ1n) is 26.4. The number of rotatable bonds is 49. The van der Waals surface area contributed by atoms with E-state index in [1.807, 2.05) is 0 Å². The smallest absolute Gasteiger partial charge is 0.306 e. The zero-order chi connectivity index (χ0) is 42.8. The largest absolute Gasteiger partial charge is 0.462 e. The number of unbranched alkanes of at least 4 members (excludes halogenated alkanes) is 37. The molecule has 1 atom stereocenters. The number of hydrogen-bond donors (Lipinski definition) is 1. The molecule has 1 unspecified atom stereocenters. The number of carbonyl (C=O) groups is 2. The Labute approximate surface area is 368 Å². The topological polar surface area (TPSA) is 72.8 Å². The molecule has 0 aromatic heterocycles. The van der Waals surface area contributed by atoms with E-state index in [9.17, 15) is 14.7 Å². The van der Waals surface area contributed by atoms with Crippen LogP contribution in [-0.4, -0.2) is 36.4 Å². The molecule has 0 aromatic carbocycles. The highest BCUT2D eigenvalue weighted by Crippen LogP contribution is 2.17. The van der Waals surface area contributed by atoms with Crippen LogP contribution in [0, 0.1) is 0 Å². The number of aliphatic hydroxyl groups excluding tert-OH is 1. The quantitative estimate of drug-likeness (QED) is 0.0376. The second-order valence-corrected chi connectivity index (χ2v) is 18.0. The molecule has 0 bridgehead atoms. The lowest BCUT2D eigenvalue weighted by Gasteiger charge is -2.15. The SMILES string of the molecule is CCCCCC/C=C\C/C=C\CCCCCCCC(=O)OC(CO)COC(=O)CCCCCCCCCCCCCCCCCCCCCCCCCCCCCCC. The normalized spacial score (nSPS) is 12.3. The Morgan fingerprint density at radius 2 is 0.678 bits per heavy atom. The molecule has 0 rings (SSSR count). The summed E-state index contributed by atoms with van der Waals surface area (Å²) >= 11 is 0. The van der Waals surface area contributed by atoms with Crippen molar-refractivity contribution in [3.05, 3.63) is 24.3 Å². The van der Waals surface area contributed by atoms with Crippen molar-refractivity contribution >= 4 is 11.9 Å². The van der Waals surface area contributed by atoms with Gasteiger partial charge >= 0.3 is 11.9 Å². The molecule has 5 nitrogen and oxygen atoms in total. The monoisotopic (exact) mass is 831 g/mol. The predicted octanol–water partition coefficient (Wildman–Crippen LogP) is 17.4. The van der Waals surface area contributed by atoms with Crippen molar-refractivity contribution in [2.24, 2.45) is 0 Å². The molecular weight excluding hydrogens is 729 g/mol. The number of esters is 2. The fourth-order valence-electron chi connectivity index (χ4n) is 8.00. The summed E-state index contributed by atoms with van der Waals surface area (Å²) in [6.07, 6.45) is 62.9. The molecular formula is C54H102O5. The molecule has 0 amide bonds. The van der Waals surface area contributed by atoms with E-state index < -0.39 is 6.10 Å². The van der Waals surface area contributed by atoms with Gasteiger partial charge in [-0.3, -0.25) is 9.59 Å². The third-order valence-electron chi connectivity index (χ3n) is 12.0. The van der Waals surface area contributed by atoms with E-state index in [1.165, 1.54) is 212 Å². The van der Waals surface area contributed by atoms with Gasteiger partial charge in [0.1, 0.15) is 6.61 Å². The Balaban J connectivity index is 3.42. The Morgan fingerprint density at radius 1 is 0.390 bits per heavy atom. The first-order valence-corrected chi connectivity index (χ1v) is 26.4. The van der Waals surface area contributed by atoms with Crippen molar-refractivity contribution in [2.75, 3.05) is 13.2 Å². The Kier molecular flexibility index (Phi) is 49.3. The highest BCUT2D eigenvalue weighted by Gasteiger charge is 2.16. The van der Waals surface area contributed by atoms with Crippen LogP contribution in [0.2, 0.25) is 0 Å². The first-order chi connectivity index (χ1) is 29.1. The zero-order valence-corrected chi connectivity index (χ0v) is 39.8. The van der Waals surface area contributed by atoms with Crippen molar-refractivity contribution in [1.82, 2.24) is 0 Å². The third-order valence-corrected chi connectivity index (χ3v) is 12.0. The molecule has 0 heterocycles. The highest BCUT2D eigenvalue weighted by molar-refractivity contribution is 5.70. The van der Waals surface area contributed by atoms with Crippen LogP contribution >= 0.6 is 0 Å². The van der Waals surface area contributed by atoms with Gasteiger partial charge in [0.05, 0.1) is 6.61 Å². The summed E-state index contributed by atoms with van der Waals surface area (Å²) in [5.74, 6) is -0.592. The summed E-state index contributed by atoms with van der Waals surface area (Å²) in [5.41, 5.74) is 0. The van der Waals surface area contributed by atoms with E-state index >= 15 is 0 Å². The number of hydrogen-bond acceptors (Lipinski definition) is 5. The van der Waals surface area contributed by atoms with Gasteiger partial charge in [0, 0.05) is 12.8 Å². The maximum absolute atomic E-state index is 12.2. The fraction of sp³-hybridized carbons (Fsp3) is 0.889. The van der Waals surface area contributed by atoms with Gasteiger partial charge in [-0.15, -0.1) is 0 Å². The van der Waals surface area contributed by atoms with E-state index in [1.54, 1.807) is 0 Å². The highest BCUT2D eigenvalue weighted by atomic mass is 16.6. The second kappa shape index (κ2) is 50.7. The predicted molar refractivity (Wildman–Crippen MR) is 256 cm³/mol. The van der Waals surface area contributed by atoms with Crippen LogP contribution < -0.4 is 0 Å². The molecule has 0 saturated carbocycles. The van der Waals surface area contributed by atoms with Gasteiger partial charge in [0.15, 0.2) is 6.10 Å². The molecule has 0 aliphatic rings. The molecule has 0 radical (unpaired) electrons. The minimum Gasteiger partial charge on any atom is -0.462 e. The Hall–Kier alpha value is -1.62. The van der Waals surface area contributed by atoms with Crippen molar-refractivity contribution in [3.63, 3.8) is 0 Å². The van der Waals surface area contributed by atoms with Gasteiger partial charge in [0.25, 0.3) is 0 Å². The molecule has 348 valence electrons. The molecule has 0 saturated heterocycles. The lowest BCUT2D eigenvalue weighted by atomic mass is 10.0. The Bertz CT molecular complexity index is 897. The van der Waals surface area contributed by atoms with Crippen LogP contribution in [0.3, 0.4) is 0 Å². The molecule has 0 fully saturated rings. The zero-order valence-electron chi connectivity index (χ0n) is 39.8. The van der Waals surface area contributed by atoms with E-state index in [-0.39, 0.29) is 25.2 Å². The van der Waals surface area contributed by atoms with E-state index in [4.69, 9.17) is 9.47 Å². The van der Waals surface area contributed by atoms with Crippen molar-refractivity contribution < 1.29 is 24.2 Å². The van der Waals surface area contributed by atoms with Crippen molar-refractivity contribution in [1.29, 1.82) is 0 Å². The number of carbonyl (C=O) groups excluding carboxylic acids is 2. The third kappa shape index (κ3) is 48.9. The average Bonchev–Trinajstić information content (AvgIpc) is 3.24. The fourth-order valence-corrected chi connectivity index (χ4v) is 8.00. The van der Waals surface area contributed by atoms with Gasteiger partial charge in [0.2, 0.25) is 0 Å². The van der Waals surface area contributed by atoms with Gasteiger partial charge < -0.3 is 14.6 Å². The van der Waals surface area contributed by atoms with Crippen molar-refractivity contribution in [2.45, 2.75) is 296 Å². The first kappa shape index (κ1) is 57.4. The molecule has 0 aliphatic carbocycles. The summed E-state index contributed by atoms with van der Waals surface area (Å²) < 4.78 is 10.7. The van der Waals surface area contributed by atoms with Crippen LogP contribution in [0.1, 0.15) is 290 Å².